The maximum atomic E-state index is 14.2. The van der Waals surface area contributed by atoms with Crippen LogP contribution in [0.15, 0.2) is 40.2 Å². The first-order valence-corrected chi connectivity index (χ1v) is 30.9. The molecule has 6 atom stereocenters. The molecule has 1 aliphatic heterocycles. The first kappa shape index (κ1) is 73.0. The molecule has 13 N–H and O–H groups in total. The van der Waals surface area contributed by atoms with E-state index in [2.05, 4.69) is 46.9 Å². The molecule has 25 nitrogen and oxygen atoms in total. The van der Waals surface area contributed by atoms with Crippen LogP contribution < -0.4 is 58.1 Å². The summed E-state index contributed by atoms with van der Waals surface area (Å²) in [5, 5.41) is 28.2. The van der Waals surface area contributed by atoms with E-state index in [-0.39, 0.29) is 80.7 Å². The first-order valence-electron chi connectivity index (χ1n) is 29.4. The third-order valence-electron chi connectivity index (χ3n) is 13.8. The molecule has 0 unspecified atom stereocenters. The van der Waals surface area contributed by atoms with E-state index in [0.717, 1.165) is 5.56 Å². The fourth-order valence-corrected chi connectivity index (χ4v) is 11.0. The van der Waals surface area contributed by atoms with E-state index in [1.54, 1.807) is 99.6 Å². The van der Waals surface area contributed by atoms with Crippen molar-refractivity contribution in [2.75, 3.05) is 19.6 Å². The molecule has 0 bridgehead atoms. The Morgan fingerprint density at radius 3 is 1.77 bits per heavy atom. The predicted octanol–water partition coefficient (Wildman–Crippen LogP) is 4.48. The zero-order valence-corrected chi connectivity index (χ0v) is 53.8. The van der Waals surface area contributed by atoms with Gasteiger partial charge in [-0.3, -0.25) is 29.0 Å². The SMILES string of the molecule is Cc1c(C)c(S(=O)(=O)NC(N)=NCCC[C@H](NC(=O)[C@@H](N)CC(C)C)C(=O)NCCCC[C@H](NC(=O)OC(C)(C)C)C(=O)NC[C@H](NC(=O)OC(C)(C)C)C(=O)N[C@H](Cc2ccccc2)C(=O)N[C@@H](CC(C)C)C(=O)O)c(C)c2c1OC(C)(C)CC2. The molecule has 1 aliphatic rings. The minimum Gasteiger partial charge on any atom is -0.487 e. The number of carbonyl (C=O) groups is 8. The van der Waals surface area contributed by atoms with Gasteiger partial charge in [-0.1, -0.05) is 58.0 Å². The average molecular weight is 1230 g/mol. The average Bonchev–Trinajstić information content (AvgIpc) is 0.802. The van der Waals surface area contributed by atoms with Crippen molar-refractivity contribution in [3.05, 3.63) is 58.1 Å². The van der Waals surface area contributed by atoms with Crippen LogP contribution in [0, 0.1) is 32.6 Å². The number of ether oxygens (including phenoxy) is 3. The number of hydrogen-bond acceptors (Lipinski definition) is 15. The Hall–Kier alpha value is -7.22. The Labute approximate surface area is 507 Å². The lowest BCUT2D eigenvalue weighted by molar-refractivity contribution is -0.142. The molecule has 0 aliphatic carbocycles. The summed E-state index contributed by atoms with van der Waals surface area (Å²) in [6, 6.07) is 1.12. The molecule has 0 fully saturated rings. The molecule has 0 aromatic heterocycles. The number of amides is 7. The van der Waals surface area contributed by atoms with E-state index in [4.69, 9.17) is 25.7 Å². The lowest BCUT2D eigenvalue weighted by Gasteiger charge is -2.35. The second-order valence-corrected chi connectivity index (χ2v) is 27.0. The van der Waals surface area contributed by atoms with E-state index in [9.17, 15) is 51.9 Å². The topological polar surface area (TPSA) is 379 Å². The van der Waals surface area contributed by atoms with Crippen LogP contribution in [0.4, 0.5) is 9.59 Å². The molecular weight excluding hydrogens is 1130 g/mol. The van der Waals surface area contributed by atoms with Crippen molar-refractivity contribution in [1.29, 1.82) is 0 Å². The second kappa shape index (κ2) is 32.5. The minimum atomic E-state index is -4.19. The molecule has 2 aromatic carbocycles. The highest BCUT2D eigenvalue weighted by Gasteiger charge is 2.36. The van der Waals surface area contributed by atoms with Crippen LogP contribution in [0.25, 0.3) is 0 Å². The smallest absolute Gasteiger partial charge is 0.408 e. The summed E-state index contributed by atoms with van der Waals surface area (Å²) < 4.78 is 47.2. The predicted molar refractivity (Wildman–Crippen MR) is 326 cm³/mol. The van der Waals surface area contributed by atoms with E-state index in [1.807, 2.05) is 34.6 Å². The molecule has 0 spiro atoms. The summed E-state index contributed by atoms with van der Waals surface area (Å²) in [5.41, 5.74) is 13.2. The number of aliphatic imine (C=N–C) groups is 1. The van der Waals surface area contributed by atoms with Crippen LogP contribution in [0.1, 0.15) is 162 Å². The minimum absolute atomic E-state index is 0.0216. The maximum Gasteiger partial charge on any atom is 0.408 e. The zero-order valence-electron chi connectivity index (χ0n) is 53.0. The van der Waals surface area contributed by atoms with Gasteiger partial charge in [0.15, 0.2) is 0 Å². The fourth-order valence-electron chi connectivity index (χ4n) is 9.44. The molecule has 0 saturated carbocycles. The van der Waals surface area contributed by atoms with Gasteiger partial charge in [-0.15, -0.1) is 0 Å². The lowest BCUT2D eigenvalue weighted by Crippen LogP contribution is -2.59. The summed E-state index contributed by atoms with van der Waals surface area (Å²) in [4.78, 5) is 112. The largest absolute Gasteiger partial charge is 0.487 e. The lowest BCUT2D eigenvalue weighted by atomic mass is 9.88. The van der Waals surface area contributed by atoms with E-state index < -0.39 is 117 Å². The maximum absolute atomic E-state index is 14.2. The van der Waals surface area contributed by atoms with Crippen LogP contribution in [0.2, 0.25) is 0 Å². The van der Waals surface area contributed by atoms with Gasteiger partial charge in [-0.05, 0) is 174 Å². The zero-order chi connectivity index (χ0) is 65.1. The number of unbranched alkanes of at least 4 members (excludes halogenated alkanes) is 1. The quantitative estimate of drug-likeness (QED) is 0.0292. The monoisotopic (exact) mass is 1230 g/mol. The van der Waals surface area contributed by atoms with Gasteiger partial charge in [0.25, 0.3) is 10.0 Å². The van der Waals surface area contributed by atoms with Gasteiger partial charge >= 0.3 is 18.2 Å². The Kier molecular flexibility index (Phi) is 27.6. The molecule has 86 heavy (non-hydrogen) atoms. The number of nitrogens with two attached hydrogens (primary N) is 2. The summed E-state index contributed by atoms with van der Waals surface area (Å²) in [7, 11) is -4.19. The van der Waals surface area contributed by atoms with Crippen molar-refractivity contribution in [2.24, 2.45) is 28.3 Å². The van der Waals surface area contributed by atoms with Gasteiger partial charge in [0.2, 0.25) is 35.5 Å². The van der Waals surface area contributed by atoms with Crippen LogP contribution in [-0.4, -0.2) is 140 Å². The van der Waals surface area contributed by atoms with Gasteiger partial charge in [0.1, 0.15) is 52.8 Å². The summed E-state index contributed by atoms with van der Waals surface area (Å²) in [6.45, 7) is 25.8. The third-order valence-corrected chi connectivity index (χ3v) is 15.4. The second-order valence-electron chi connectivity index (χ2n) is 25.4. The van der Waals surface area contributed by atoms with E-state index in [0.29, 0.717) is 47.3 Å². The van der Waals surface area contributed by atoms with Crippen molar-refractivity contribution < 1.29 is 66.1 Å². The van der Waals surface area contributed by atoms with Crippen LogP contribution >= 0.6 is 0 Å². The van der Waals surface area contributed by atoms with Crippen molar-refractivity contribution >= 4 is 63.7 Å². The number of carboxylic acids is 1. The number of nitrogens with one attached hydrogen (secondary N) is 8. The molecule has 0 saturated heterocycles. The normalized spacial score (nSPS) is 15.4. The van der Waals surface area contributed by atoms with Crippen LogP contribution in [0.3, 0.4) is 0 Å². The standard InChI is InChI=1S/C60H97N11O14S/c1-34(2)30-41(61)49(72)66-42(25-21-29-64-55(62)71-86(81,82)48-37(6)36(5)47-40(38(48)7)26-27-60(14,15)83-47)50(73)63-28-20-19-24-43(69-56(79)84-58(8,9)10)51(74)65-33-46(70-57(80)85-59(11,12)13)53(76)67-44(32-39-22-17-16-18-23-39)52(75)68-45(54(77)78)31-35(3)4/h16-18,22-23,34-35,41-46H,19-21,24-33,61H2,1-15H3,(H,63,73)(H,65,74)(H,66,72)(H,67,76)(H,68,75)(H,69,79)(H,70,80)(H,77,78)(H3,62,64,71)/t41-,42-,43-,44+,45-,46-/m0/s1. The number of guanidine groups is 1. The number of hydrogen-bond donors (Lipinski definition) is 11. The van der Waals surface area contributed by atoms with Gasteiger partial charge in [-0.25, -0.2) is 27.5 Å². The third kappa shape index (κ3) is 25.0. The van der Waals surface area contributed by atoms with Crippen LogP contribution in [0.5, 0.6) is 5.75 Å². The van der Waals surface area contributed by atoms with Crippen molar-refractivity contribution in [3.8, 4) is 5.75 Å². The van der Waals surface area contributed by atoms with Gasteiger partial charge in [0.05, 0.1) is 10.9 Å². The van der Waals surface area contributed by atoms with Gasteiger partial charge in [0, 0.05) is 26.1 Å². The van der Waals surface area contributed by atoms with Gasteiger partial charge < -0.3 is 68.0 Å². The first-order chi connectivity index (χ1) is 39.8. The van der Waals surface area contributed by atoms with Crippen LogP contribution in [-0.2, 0) is 61.1 Å². The molecule has 0 radical (unpaired) electrons. The van der Waals surface area contributed by atoms with Crippen molar-refractivity contribution in [3.63, 3.8) is 0 Å². The molecule has 3 rings (SSSR count). The highest BCUT2D eigenvalue weighted by atomic mass is 32.2. The number of sulfonamides is 1. The number of benzene rings is 2. The Morgan fingerprint density at radius 2 is 1.20 bits per heavy atom. The number of rotatable bonds is 30. The van der Waals surface area contributed by atoms with Crippen molar-refractivity contribution in [2.45, 2.75) is 226 Å². The number of carbonyl (C=O) groups excluding carboxylic acids is 7. The summed E-state index contributed by atoms with van der Waals surface area (Å²) in [6.07, 6.45) is 0.419. The summed E-state index contributed by atoms with van der Waals surface area (Å²) >= 11 is 0. The van der Waals surface area contributed by atoms with E-state index in [1.165, 1.54) is 0 Å². The number of carboxylic acid groups (broad SMARTS) is 1. The summed E-state index contributed by atoms with van der Waals surface area (Å²) in [5.74, 6) is -4.63. The molecule has 2 aromatic rings. The van der Waals surface area contributed by atoms with E-state index >= 15 is 0 Å². The number of fused-ring (bicyclic) bond motifs is 1. The van der Waals surface area contributed by atoms with Crippen molar-refractivity contribution in [1.82, 2.24) is 41.9 Å². The number of alkyl carbamates (subject to hydrolysis) is 2. The molecule has 26 heteroatoms. The number of nitrogens with zero attached hydrogens (tertiary/aromatic N) is 1. The molecule has 7 amide bonds. The molecular formula is C60H97N11O14S. The molecule has 482 valence electrons. The highest BCUT2D eigenvalue weighted by Crippen LogP contribution is 2.42. The number of aliphatic carboxylic acids is 1. The fraction of sp³-hybridized carbons (Fsp3) is 0.650. The Morgan fingerprint density at radius 1 is 0.674 bits per heavy atom. The Bertz CT molecular complexity index is 2830. The molecule has 1 heterocycles. The Balaban J connectivity index is 1.78. The highest BCUT2D eigenvalue weighted by molar-refractivity contribution is 7.90. The van der Waals surface area contributed by atoms with Gasteiger partial charge in [-0.2, -0.15) is 0 Å².